The van der Waals surface area contributed by atoms with Gasteiger partial charge in [-0.15, -0.1) is 0 Å². The average Bonchev–Trinajstić information content (AvgIpc) is 3.16. The van der Waals surface area contributed by atoms with Crippen LogP contribution in [0.15, 0.2) is 59.3 Å². The predicted octanol–water partition coefficient (Wildman–Crippen LogP) is 3.71. The number of hydrogen-bond donors (Lipinski definition) is 2. The highest BCUT2D eigenvalue weighted by atomic mass is 16.5. The number of carbonyl (C=O) groups is 1. The third-order valence-corrected chi connectivity index (χ3v) is 3.73. The molecule has 0 aliphatic carbocycles. The lowest BCUT2D eigenvalue weighted by Gasteiger charge is -2.11. The lowest BCUT2D eigenvalue weighted by atomic mass is 10.1. The van der Waals surface area contributed by atoms with Gasteiger partial charge in [-0.3, -0.25) is 4.79 Å². The average molecular weight is 337 g/mol. The van der Waals surface area contributed by atoms with Crippen LogP contribution in [0, 0.1) is 6.92 Å². The molecule has 6 nitrogen and oxygen atoms in total. The maximum absolute atomic E-state index is 12.1. The third-order valence-electron chi connectivity index (χ3n) is 3.73. The second kappa shape index (κ2) is 7.53. The molecule has 3 rings (SSSR count). The number of aryl methyl sites for hydroxylation is 1. The van der Waals surface area contributed by atoms with Crippen LogP contribution >= 0.6 is 0 Å². The number of carbonyl (C=O) groups excluding carboxylic acids is 1. The van der Waals surface area contributed by atoms with Crippen LogP contribution in [0.2, 0.25) is 0 Å². The Bertz CT molecular complexity index is 843. The monoisotopic (exact) mass is 337 g/mol. The van der Waals surface area contributed by atoms with E-state index in [1.54, 1.807) is 37.6 Å². The van der Waals surface area contributed by atoms with E-state index in [1.165, 1.54) is 6.26 Å². The minimum atomic E-state index is -0.133. The van der Waals surface area contributed by atoms with Gasteiger partial charge in [0, 0.05) is 16.9 Å². The maximum atomic E-state index is 12.1. The highest BCUT2D eigenvalue weighted by Gasteiger charge is 2.08. The summed E-state index contributed by atoms with van der Waals surface area (Å²) in [6.45, 7) is 2.13. The van der Waals surface area contributed by atoms with Crippen molar-refractivity contribution in [3.63, 3.8) is 0 Å². The summed E-state index contributed by atoms with van der Waals surface area (Å²) in [5, 5.41) is 5.99. The van der Waals surface area contributed by atoms with Gasteiger partial charge in [0.05, 0.1) is 19.9 Å². The predicted molar refractivity (Wildman–Crippen MR) is 96.8 cm³/mol. The van der Waals surface area contributed by atoms with Crippen LogP contribution in [0.3, 0.4) is 0 Å². The second-order valence-electron chi connectivity index (χ2n) is 5.50. The number of methoxy groups -OCH3 is 1. The van der Waals surface area contributed by atoms with E-state index in [1.807, 2.05) is 25.1 Å². The van der Waals surface area contributed by atoms with Gasteiger partial charge in [0.25, 0.3) is 0 Å². The molecular formula is C19H19N3O3. The number of benzene rings is 2. The Morgan fingerprint density at radius 1 is 1.20 bits per heavy atom. The number of rotatable bonds is 6. The molecule has 25 heavy (non-hydrogen) atoms. The summed E-state index contributed by atoms with van der Waals surface area (Å²) < 4.78 is 10.4. The van der Waals surface area contributed by atoms with Crippen molar-refractivity contribution in [1.29, 1.82) is 0 Å². The number of nitrogens with one attached hydrogen (secondary N) is 2. The highest BCUT2D eigenvalue weighted by Crippen LogP contribution is 2.24. The number of amides is 1. The number of aromatic nitrogens is 1. The molecule has 1 aromatic heterocycles. The normalized spacial score (nSPS) is 10.3. The van der Waals surface area contributed by atoms with Crippen molar-refractivity contribution < 1.29 is 13.9 Å². The highest BCUT2D eigenvalue weighted by molar-refractivity contribution is 5.94. The minimum absolute atomic E-state index is 0.133. The molecule has 0 saturated heterocycles. The van der Waals surface area contributed by atoms with E-state index < -0.39 is 0 Å². The molecule has 2 N–H and O–H groups in total. The topological polar surface area (TPSA) is 76.4 Å². The van der Waals surface area contributed by atoms with Crippen LogP contribution in [0.1, 0.15) is 5.56 Å². The van der Waals surface area contributed by atoms with E-state index in [-0.39, 0.29) is 12.5 Å². The first-order valence-electron chi connectivity index (χ1n) is 7.84. The quantitative estimate of drug-likeness (QED) is 0.717. The lowest BCUT2D eigenvalue weighted by molar-refractivity contribution is -0.114. The van der Waals surface area contributed by atoms with Crippen molar-refractivity contribution in [2.75, 3.05) is 24.3 Å². The molecule has 1 heterocycles. The molecule has 0 aliphatic rings. The second-order valence-corrected chi connectivity index (χ2v) is 5.50. The number of hydrogen-bond acceptors (Lipinski definition) is 5. The molecular weight excluding hydrogens is 318 g/mol. The molecule has 0 atom stereocenters. The minimum Gasteiger partial charge on any atom is -0.497 e. The maximum Gasteiger partial charge on any atom is 0.243 e. The Kier molecular flexibility index (Phi) is 4.99. The molecule has 0 aliphatic heterocycles. The van der Waals surface area contributed by atoms with Gasteiger partial charge in [-0.1, -0.05) is 6.07 Å². The van der Waals surface area contributed by atoms with Crippen molar-refractivity contribution in [1.82, 2.24) is 4.98 Å². The summed E-state index contributed by atoms with van der Waals surface area (Å²) >= 11 is 0. The molecule has 0 radical (unpaired) electrons. The Labute approximate surface area is 145 Å². The summed E-state index contributed by atoms with van der Waals surface area (Å²) in [6.07, 6.45) is 3.13. The summed E-state index contributed by atoms with van der Waals surface area (Å²) in [5.41, 5.74) is 3.47. The van der Waals surface area contributed by atoms with E-state index >= 15 is 0 Å². The van der Waals surface area contributed by atoms with Gasteiger partial charge in [-0.25, -0.2) is 4.98 Å². The number of oxazole rings is 1. The number of nitrogens with zero attached hydrogens (tertiary/aromatic N) is 1. The van der Waals surface area contributed by atoms with Crippen molar-refractivity contribution >= 4 is 17.3 Å². The molecule has 128 valence electrons. The number of anilines is 2. The zero-order valence-corrected chi connectivity index (χ0v) is 14.1. The van der Waals surface area contributed by atoms with Crippen molar-refractivity contribution in [3.05, 3.63) is 60.5 Å². The fourth-order valence-corrected chi connectivity index (χ4v) is 2.37. The summed E-state index contributed by atoms with van der Waals surface area (Å²) in [7, 11) is 1.60. The van der Waals surface area contributed by atoms with Crippen LogP contribution in [-0.2, 0) is 4.79 Å². The largest absolute Gasteiger partial charge is 0.497 e. The zero-order chi connectivity index (χ0) is 17.6. The molecule has 3 aromatic rings. The van der Waals surface area contributed by atoms with Crippen LogP contribution in [0.5, 0.6) is 5.75 Å². The molecule has 0 unspecified atom stereocenters. The van der Waals surface area contributed by atoms with Gasteiger partial charge in [-0.05, 0) is 48.9 Å². The van der Waals surface area contributed by atoms with Crippen LogP contribution in [0.4, 0.5) is 11.4 Å². The molecule has 0 bridgehead atoms. The fourth-order valence-electron chi connectivity index (χ4n) is 2.37. The van der Waals surface area contributed by atoms with Gasteiger partial charge >= 0.3 is 0 Å². The zero-order valence-electron chi connectivity index (χ0n) is 14.1. The third kappa shape index (κ3) is 4.17. The molecule has 6 heteroatoms. The Morgan fingerprint density at radius 3 is 2.68 bits per heavy atom. The standard InChI is InChI=1S/C19H19N3O3/c1-13-3-4-14(19-20-9-10-25-19)11-17(13)21-12-18(23)22-15-5-7-16(24-2)8-6-15/h3-11,21H,12H2,1-2H3,(H,22,23). The van der Waals surface area contributed by atoms with Crippen molar-refractivity contribution in [3.8, 4) is 17.2 Å². The molecule has 0 saturated carbocycles. The van der Waals surface area contributed by atoms with Gasteiger partial charge in [0.1, 0.15) is 12.0 Å². The first-order chi connectivity index (χ1) is 12.2. The Morgan fingerprint density at radius 2 is 2.00 bits per heavy atom. The van der Waals surface area contributed by atoms with E-state index in [0.29, 0.717) is 5.89 Å². The van der Waals surface area contributed by atoms with Gasteiger partial charge < -0.3 is 19.8 Å². The first kappa shape index (κ1) is 16.6. The first-order valence-corrected chi connectivity index (χ1v) is 7.84. The molecule has 1 amide bonds. The van der Waals surface area contributed by atoms with Crippen LogP contribution in [-0.4, -0.2) is 24.5 Å². The van der Waals surface area contributed by atoms with Crippen molar-refractivity contribution in [2.45, 2.75) is 6.92 Å². The van der Waals surface area contributed by atoms with Gasteiger partial charge in [-0.2, -0.15) is 0 Å². The van der Waals surface area contributed by atoms with Crippen LogP contribution in [0.25, 0.3) is 11.5 Å². The van der Waals surface area contributed by atoms with E-state index in [9.17, 15) is 4.79 Å². The number of ether oxygens (including phenoxy) is 1. The molecule has 0 fully saturated rings. The smallest absolute Gasteiger partial charge is 0.243 e. The summed E-state index contributed by atoms with van der Waals surface area (Å²) in [6, 6.07) is 13.0. The summed E-state index contributed by atoms with van der Waals surface area (Å²) in [5.74, 6) is 1.16. The SMILES string of the molecule is COc1ccc(NC(=O)CNc2cc(-c3ncco3)ccc2C)cc1. The van der Waals surface area contributed by atoms with E-state index in [0.717, 1.165) is 28.3 Å². The van der Waals surface area contributed by atoms with E-state index in [4.69, 9.17) is 9.15 Å². The molecule has 0 spiro atoms. The van der Waals surface area contributed by atoms with Crippen LogP contribution < -0.4 is 15.4 Å². The van der Waals surface area contributed by atoms with Crippen molar-refractivity contribution in [2.24, 2.45) is 0 Å². The lowest BCUT2D eigenvalue weighted by Crippen LogP contribution is -2.22. The fraction of sp³-hybridized carbons (Fsp3) is 0.158. The molecule has 2 aromatic carbocycles. The van der Waals surface area contributed by atoms with Gasteiger partial charge in [0.15, 0.2) is 0 Å². The Balaban J connectivity index is 1.62. The van der Waals surface area contributed by atoms with Gasteiger partial charge in [0.2, 0.25) is 11.8 Å². The van der Waals surface area contributed by atoms with E-state index in [2.05, 4.69) is 15.6 Å². The Hall–Kier alpha value is -3.28. The summed E-state index contributed by atoms with van der Waals surface area (Å²) in [4.78, 5) is 16.3.